The minimum absolute atomic E-state index is 0.209. The molecular formula is C9H13NO6S. The first-order valence-electron chi connectivity index (χ1n) is 4.38. The highest BCUT2D eigenvalue weighted by atomic mass is 32.3. The van der Waals surface area contributed by atoms with E-state index in [0.29, 0.717) is 0 Å². The number of rotatable bonds is 3. The highest BCUT2D eigenvalue weighted by Gasteiger charge is 1.97. The van der Waals surface area contributed by atoms with E-state index in [0.717, 1.165) is 5.69 Å². The van der Waals surface area contributed by atoms with Gasteiger partial charge in [-0.25, -0.2) is 0 Å². The molecule has 0 spiro atoms. The van der Waals surface area contributed by atoms with Gasteiger partial charge in [0.25, 0.3) is 0 Å². The molecule has 0 heterocycles. The summed E-state index contributed by atoms with van der Waals surface area (Å²) < 4.78 is 36.1. The molecule has 0 unspecified atom stereocenters. The number of para-hydroxylation sites is 1. The summed E-state index contributed by atoms with van der Waals surface area (Å²) in [6.45, 7) is 0.209. The minimum Gasteiger partial charge on any atom is -0.468 e. The molecule has 17 heavy (non-hydrogen) atoms. The summed E-state index contributed by atoms with van der Waals surface area (Å²) in [4.78, 5) is 10.7. The SMILES string of the molecule is COC(=O)CNc1ccccc1.O=S(=O)(O)O. The predicted molar refractivity (Wildman–Crippen MR) is 61.1 cm³/mol. The van der Waals surface area contributed by atoms with Crippen LogP contribution < -0.4 is 5.32 Å². The van der Waals surface area contributed by atoms with Crippen molar-refractivity contribution in [2.45, 2.75) is 0 Å². The minimum atomic E-state index is -4.67. The molecule has 1 rings (SSSR count). The van der Waals surface area contributed by atoms with E-state index in [4.69, 9.17) is 17.5 Å². The zero-order valence-electron chi connectivity index (χ0n) is 9.03. The third-order valence-corrected chi connectivity index (χ3v) is 1.44. The van der Waals surface area contributed by atoms with Crippen LogP contribution in [0.1, 0.15) is 0 Å². The standard InChI is InChI=1S/C9H11NO2.H2O4S/c1-12-9(11)7-10-8-5-3-2-4-6-8;1-5(2,3)4/h2-6,10H,7H2,1H3;(H2,1,2,3,4). The second kappa shape index (κ2) is 7.60. The molecule has 0 atom stereocenters. The van der Waals surface area contributed by atoms with Crippen LogP contribution in [0.25, 0.3) is 0 Å². The lowest BCUT2D eigenvalue weighted by atomic mass is 10.3. The lowest BCUT2D eigenvalue weighted by Gasteiger charge is -2.03. The molecule has 7 nitrogen and oxygen atoms in total. The summed E-state index contributed by atoms with van der Waals surface area (Å²) in [6, 6.07) is 9.51. The van der Waals surface area contributed by atoms with Crippen LogP contribution in [0.3, 0.4) is 0 Å². The van der Waals surface area contributed by atoms with E-state index in [-0.39, 0.29) is 12.5 Å². The summed E-state index contributed by atoms with van der Waals surface area (Å²) >= 11 is 0. The predicted octanol–water partition coefficient (Wildman–Crippen LogP) is 0.619. The topological polar surface area (TPSA) is 113 Å². The van der Waals surface area contributed by atoms with Crippen molar-refractivity contribution in [3.05, 3.63) is 30.3 Å². The van der Waals surface area contributed by atoms with Gasteiger partial charge in [0.05, 0.1) is 7.11 Å². The molecule has 0 fully saturated rings. The van der Waals surface area contributed by atoms with E-state index in [1.165, 1.54) is 7.11 Å². The molecule has 0 saturated carbocycles. The van der Waals surface area contributed by atoms with Crippen molar-refractivity contribution < 1.29 is 27.1 Å². The third-order valence-electron chi connectivity index (χ3n) is 1.44. The summed E-state index contributed by atoms with van der Waals surface area (Å²) in [7, 11) is -3.30. The second-order valence-corrected chi connectivity index (χ2v) is 3.64. The van der Waals surface area contributed by atoms with E-state index < -0.39 is 10.4 Å². The molecule has 0 aliphatic heterocycles. The van der Waals surface area contributed by atoms with Crippen LogP contribution in [0.2, 0.25) is 0 Å². The van der Waals surface area contributed by atoms with Gasteiger partial charge in [0.2, 0.25) is 0 Å². The molecule has 0 saturated heterocycles. The Hall–Kier alpha value is -1.64. The fourth-order valence-electron chi connectivity index (χ4n) is 0.802. The fourth-order valence-corrected chi connectivity index (χ4v) is 0.802. The van der Waals surface area contributed by atoms with Crippen LogP contribution in [0.15, 0.2) is 30.3 Å². The van der Waals surface area contributed by atoms with Gasteiger partial charge in [-0.1, -0.05) is 18.2 Å². The van der Waals surface area contributed by atoms with Gasteiger partial charge in [0, 0.05) is 5.69 Å². The van der Waals surface area contributed by atoms with Crippen molar-refractivity contribution in [3.63, 3.8) is 0 Å². The zero-order chi connectivity index (χ0) is 13.3. The number of benzene rings is 1. The quantitative estimate of drug-likeness (QED) is 0.541. The molecule has 0 aliphatic carbocycles. The average molecular weight is 263 g/mol. The molecule has 8 heteroatoms. The lowest BCUT2D eigenvalue weighted by molar-refractivity contribution is -0.138. The normalized spacial score (nSPS) is 9.82. The van der Waals surface area contributed by atoms with Gasteiger partial charge in [-0.2, -0.15) is 8.42 Å². The molecule has 1 aromatic rings. The first-order chi connectivity index (χ1) is 7.83. The van der Waals surface area contributed by atoms with Crippen LogP contribution in [-0.4, -0.2) is 37.1 Å². The van der Waals surface area contributed by atoms with Crippen molar-refractivity contribution in [3.8, 4) is 0 Å². The van der Waals surface area contributed by atoms with Crippen LogP contribution in [0.4, 0.5) is 5.69 Å². The second-order valence-electron chi connectivity index (χ2n) is 2.74. The highest BCUT2D eigenvalue weighted by Crippen LogP contribution is 2.03. The van der Waals surface area contributed by atoms with Crippen LogP contribution in [-0.2, 0) is 19.9 Å². The molecule has 3 N–H and O–H groups in total. The first kappa shape index (κ1) is 15.4. The molecule has 0 aliphatic rings. The van der Waals surface area contributed by atoms with E-state index >= 15 is 0 Å². The maximum Gasteiger partial charge on any atom is 0.394 e. The number of methoxy groups -OCH3 is 1. The first-order valence-corrected chi connectivity index (χ1v) is 5.78. The molecular weight excluding hydrogens is 250 g/mol. The monoisotopic (exact) mass is 263 g/mol. The summed E-state index contributed by atoms with van der Waals surface area (Å²) in [5.74, 6) is -0.265. The number of ether oxygens (including phenoxy) is 1. The Morgan fingerprint density at radius 2 is 1.76 bits per heavy atom. The molecule has 0 bridgehead atoms. The molecule has 0 amide bonds. The van der Waals surface area contributed by atoms with E-state index in [1.807, 2.05) is 30.3 Å². The van der Waals surface area contributed by atoms with Crippen molar-refractivity contribution >= 4 is 22.1 Å². The number of hydrogen-bond acceptors (Lipinski definition) is 5. The van der Waals surface area contributed by atoms with E-state index in [2.05, 4.69) is 10.1 Å². The van der Waals surface area contributed by atoms with Crippen molar-refractivity contribution in [1.29, 1.82) is 0 Å². The largest absolute Gasteiger partial charge is 0.468 e. The summed E-state index contributed by atoms with van der Waals surface area (Å²) in [5.41, 5.74) is 0.919. The Kier molecular flexibility index (Phi) is 6.87. The number of hydrogen-bond donors (Lipinski definition) is 3. The van der Waals surface area contributed by atoms with Gasteiger partial charge in [0.1, 0.15) is 6.54 Å². The molecule has 0 radical (unpaired) electrons. The third kappa shape index (κ3) is 12.3. The van der Waals surface area contributed by atoms with Gasteiger partial charge in [-0.05, 0) is 12.1 Å². The number of nitrogens with one attached hydrogen (secondary N) is 1. The van der Waals surface area contributed by atoms with E-state index in [1.54, 1.807) is 0 Å². The van der Waals surface area contributed by atoms with Crippen LogP contribution in [0, 0.1) is 0 Å². The van der Waals surface area contributed by atoms with Crippen molar-refractivity contribution in [2.24, 2.45) is 0 Å². The summed E-state index contributed by atoms with van der Waals surface area (Å²) in [6.07, 6.45) is 0. The van der Waals surface area contributed by atoms with Gasteiger partial charge in [0.15, 0.2) is 0 Å². The Morgan fingerprint density at radius 3 is 2.18 bits per heavy atom. The Balaban J connectivity index is 0.000000437. The van der Waals surface area contributed by atoms with Crippen LogP contribution in [0.5, 0.6) is 0 Å². The number of esters is 1. The van der Waals surface area contributed by atoms with Gasteiger partial charge < -0.3 is 10.1 Å². The molecule has 96 valence electrons. The molecule has 0 aromatic heterocycles. The number of anilines is 1. The maximum absolute atomic E-state index is 10.7. The fraction of sp³-hybridized carbons (Fsp3) is 0.222. The van der Waals surface area contributed by atoms with Crippen LogP contribution >= 0.6 is 0 Å². The van der Waals surface area contributed by atoms with Crippen molar-refractivity contribution in [1.82, 2.24) is 0 Å². The Bertz CT molecular complexity index is 422. The maximum atomic E-state index is 10.7. The van der Waals surface area contributed by atoms with E-state index in [9.17, 15) is 4.79 Å². The van der Waals surface area contributed by atoms with Gasteiger partial charge in [-0.15, -0.1) is 0 Å². The number of carbonyl (C=O) groups is 1. The molecule has 1 aromatic carbocycles. The zero-order valence-corrected chi connectivity index (χ0v) is 9.85. The van der Waals surface area contributed by atoms with Crippen molar-refractivity contribution in [2.75, 3.05) is 19.0 Å². The van der Waals surface area contributed by atoms with Gasteiger partial charge in [-0.3, -0.25) is 13.9 Å². The Morgan fingerprint density at radius 1 is 1.29 bits per heavy atom. The smallest absolute Gasteiger partial charge is 0.394 e. The average Bonchev–Trinajstić information content (AvgIpc) is 2.25. The Labute approximate surface area is 99.0 Å². The van der Waals surface area contributed by atoms with Gasteiger partial charge >= 0.3 is 16.4 Å². The highest BCUT2D eigenvalue weighted by molar-refractivity contribution is 7.79. The lowest BCUT2D eigenvalue weighted by Crippen LogP contribution is -2.14. The number of carbonyl (C=O) groups excluding carboxylic acids is 1. The summed E-state index contributed by atoms with van der Waals surface area (Å²) in [5, 5.41) is 2.92.